The Morgan fingerprint density at radius 3 is 2.61 bits per heavy atom. The monoisotopic (exact) mass is 275 g/mol. The Morgan fingerprint density at radius 1 is 1.39 bits per heavy atom. The van der Waals surface area contributed by atoms with Gasteiger partial charge in [-0.25, -0.2) is 13.1 Å². The lowest BCUT2D eigenvalue weighted by Gasteiger charge is -2.22. The molecule has 0 amide bonds. The first-order valence-electron chi connectivity index (χ1n) is 5.93. The van der Waals surface area contributed by atoms with Gasteiger partial charge in [0.05, 0.1) is 17.8 Å². The van der Waals surface area contributed by atoms with Crippen LogP contribution < -0.4 is 5.32 Å². The van der Waals surface area contributed by atoms with Crippen LogP contribution in [0, 0.1) is 0 Å². The lowest BCUT2D eigenvalue weighted by Crippen LogP contribution is -2.37. The third-order valence-corrected chi connectivity index (χ3v) is 4.99. The minimum atomic E-state index is -3.16. The quantitative estimate of drug-likeness (QED) is 0.704. The number of hydrogen-bond donors (Lipinski definition) is 1. The molecule has 0 unspecified atom stereocenters. The van der Waals surface area contributed by atoms with E-state index in [1.807, 2.05) is 0 Å². The summed E-state index contributed by atoms with van der Waals surface area (Å²) < 4.78 is 24.0. The number of rotatable bonds is 7. The normalized spacial score (nSPS) is 12.9. The molecule has 0 aliphatic rings. The summed E-state index contributed by atoms with van der Waals surface area (Å²) in [7, 11) is -3.16. The van der Waals surface area contributed by atoms with Crippen LogP contribution in [-0.2, 0) is 22.9 Å². The van der Waals surface area contributed by atoms with Crippen molar-refractivity contribution in [2.45, 2.75) is 45.0 Å². The second-order valence-electron chi connectivity index (χ2n) is 4.96. The molecule has 0 radical (unpaired) electrons. The summed E-state index contributed by atoms with van der Waals surface area (Å²) in [6.07, 6.45) is 2.25. The molecule has 0 aliphatic heterocycles. The fourth-order valence-electron chi connectivity index (χ4n) is 1.33. The Balaban J connectivity index is 2.77. The predicted octanol–water partition coefficient (Wildman–Crippen LogP) is -0.00410. The molecule has 0 bridgehead atoms. The van der Waals surface area contributed by atoms with Crippen molar-refractivity contribution in [1.82, 2.24) is 25.5 Å². The van der Waals surface area contributed by atoms with Crippen LogP contribution in [0.25, 0.3) is 0 Å². The van der Waals surface area contributed by atoms with Crippen LogP contribution in [0.2, 0.25) is 0 Å². The van der Waals surface area contributed by atoms with E-state index in [9.17, 15) is 8.42 Å². The van der Waals surface area contributed by atoms with Crippen molar-refractivity contribution in [2.24, 2.45) is 0 Å². The maximum absolute atomic E-state index is 11.7. The molecule has 1 heterocycles. The van der Waals surface area contributed by atoms with Gasteiger partial charge in [0.25, 0.3) is 0 Å². The summed E-state index contributed by atoms with van der Waals surface area (Å²) in [5.41, 5.74) is 0. The van der Waals surface area contributed by atoms with Crippen LogP contribution in [0.15, 0.2) is 0 Å². The van der Waals surface area contributed by atoms with Crippen LogP contribution >= 0.6 is 0 Å². The molecule has 0 spiro atoms. The minimum Gasteiger partial charge on any atom is -0.310 e. The SMILES string of the molecule is CCCNCc1nnnn1CC(C)(C)S(C)(=O)=O. The number of tetrazole rings is 1. The fraction of sp³-hybridized carbons (Fsp3) is 0.900. The number of nitrogens with zero attached hydrogens (tertiary/aromatic N) is 4. The van der Waals surface area contributed by atoms with E-state index in [0.29, 0.717) is 12.4 Å². The van der Waals surface area contributed by atoms with Gasteiger partial charge in [-0.1, -0.05) is 6.92 Å². The number of aromatic nitrogens is 4. The van der Waals surface area contributed by atoms with Crippen LogP contribution in [0.4, 0.5) is 0 Å². The highest BCUT2D eigenvalue weighted by molar-refractivity contribution is 7.92. The van der Waals surface area contributed by atoms with Gasteiger partial charge in [0.1, 0.15) is 0 Å². The Morgan fingerprint density at radius 2 is 2.06 bits per heavy atom. The van der Waals surface area contributed by atoms with Crippen molar-refractivity contribution in [3.8, 4) is 0 Å². The van der Waals surface area contributed by atoms with Gasteiger partial charge in [-0.15, -0.1) is 5.10 Å². The highest BCUT2D eigenvalue weighted by Gasteiger charge is 2.32. The number of sulfone groups is 1. The summed E-state index contributed by atoms with van der Waals surface area (Å²) in [6.45, 7) is 7.09. The molecular weight excluding hydrogens is 254 g/mol. The van der Waals surface area contributed by atoms with E-state index in [4.69, 9.17) is 0 Å². The van der Waals surface area contributed by atoms with Crippen molar-refractivity contribution < 1.29 is 8.42 Å². The van der Waals surface area contributed by atoms with Crippen molar-refractivity contribution in [3.05, 3.63) is 5.82 Å². The molecule has 104 valence electrons. The first-order valence-corrected chi connectivity index (χ1v) is 7.82. The zero-order valence-electron chi connectivity index (χ0n) is 11.3. The van der Waals surface area contributed by atoms with E-state index in [1.165, 1.54) is 6.26 Å². The van der Waals surface area contributed by atoms with Gasteiger partial charge in [0.2, 0.25) is 0 Å². The lowest BCUT2D eigenvalue weighted by molar-refractivity contribution is 0.452. The second-order valence-corrected chi connectivity index (χ2v) is 7.61. The molecule has 7 nitrogen and oxygen atoms in total. The van der Waals surface area contributed by atoms with Crippen molar-refractivity contribution >= 4 is 9.84 Å². The van der Waals surface area contributed by atoms with Gasteiger partial charge in [0.15, 0.2) is 15.7 Å². The third kappa shape index (κ3) is 3.74. The molecule has 1 N–H and O–H groups in total. The summed E-state index contributed by atoms with van der Waals surface area (Å²) >= 11 is 0. The first-order chi connectivity index (χ1) is 8.28. The number of hydrogen-bond acceptors (Lipinski definition) is 6. The Hall–Kier alpha value is -1.02. The molecule has 18 heavy (non-hydrogen) atoms. The van der Waals surface area contributed by atoms with Crippen LogP contribution in [-0.4, -0.2) is 46.2 Å². The van der Waals surface area contributed by atoms with Gasteiger partial charge in [0, 0.05) is 6.26 Å². The van der Waals surface area contributed by atoms with E-state index >= 15 is 0 Å². The Kier molecular flexibility index (Phi) is 4.80. The highest BCUT2D eigenvalue weighted by atomic mass is 32.2. The summed E-state index contributed by atoms with van der Waals surface area (Å²) in [6, 6.07) is 0. The molecule has 0 saturated heterocycles. The molecule has 1 aromatic heterocycles. The van der Waals surface area contributed by atoms with E-state index in [1.54, 1.807) is 18.5 Å². The molecule has 0 atom stereocenters. The topological polar surface area (TPSA) is 89.8 Å². The zero-order valence-corrected chi connectivity index (χ0v) is 12.2. The maximum atomic E-state index is 11.7. The van der Waals surface area contributed by atoms with Gasteiger partial charge >= 0.3 is 0 Å². The molecule has 1 aromatic rings. The Labute approximate surface area is 108 Å². The smallest absolute Gasteiger partial charge is 0.165 e. The maximum Gasteiger partial charge on any atom is 0.165 e. The summed E-state index contributed by atoms with van der Waals surface area (Å²) in [5, 5.41) is 14.5. The second kappa shape index (κ2) is 5.75. The van der Waals surface area contributed by atoms with E-state index in [0.717, 1.165) is 13.0 Å². The fourth-order valence-corrected chi connectivity index (χ4v) is 1.68. The van der Waals surface area contributed by atoms with Gasteiger partial charge in [-0.05, 0) is 37.2 Å². The molecule has 8 heteroatoms. The van der Waals surface area contributed by atoms with E-state index < -0.39 is 14.6 Å². The minimum absolute atomic E-state index is 0.252. The van der Waals surface area contributed by atoms with Crippen molar-refractivity contribution in [2.75, 3.05) is 12.8 Å². The largest absolute Gasteiger partial charge is 0.310 e. The van der Waals surface area contributed by atoms with Gasteiger partial charge in [-0.3, -0.25) is 0 Å². The van der Waals surface area contributed by atoms with Crippen LogP contribution in [0.3, 0.4) is 0 Å². The first kappa shape index (κ1) is 15.0. The molecule has 0 saturated carbocycles. The molecule has 0 fully saturated rings. The molecular formula is C10H21N5O2S. The molecule has 0 aromatic carbocycles. The zero-order chi connectivity index (χ0) is 13.8. The van der Waals surface area contributed by atoms with Crippen LogP contribution in [0.5, 0.6) is 0 Å². The average molecular weight is 275 g/mol. The third-order valence-electron chi connectivity index (χ3n) is 2.85. The predicted molar refractivity (Wildman–Crippen MR) is 68.7 cm³/mol. The Bertz CT molecular complexity index is 480. The summed E-state index contributed by atoms with van der Waals surface area (Å²) in [4.78, 5) is 0. The molecule has 1 rings (SSSR count). The van der Waals surface area contributed by atoms with Gasteiger partial charge < -0.3 is 5.32 Å². The van der Waals surface area contributed by atoms with E-state index in [-0.39, 0.29) is 6.54 Å². The van der Waals surface area contributed by atoms with Crippen molar-refractivity contribution in [3.63, 3.8) is 0 Å². The standard InChI is InChI=1S/C10H21N5O2S/c1-5-6-11-7-9-12-13-14-15(9)8-10(2,3)18(4,16)17/h11H,5-8H2,1-4H3. The highest BCUT2D eigenvalue weighted by Crippen LogP contribution is 2.17. The van der Waals surface area contributed by atoms with Crippen molar-refractivity contribution in [1.29, 1.82) is 0 Å². The lowest BCUT2D eigenvalue weighted by atomic mass is 10.2. The van der Waals surface area contributed by atoms with Gasteiger partial charge in [-0.2, -0.15) is 0 Å². The average Bonchev–Trinajstić information content (AvgIpc) is 2.64. The summed E-state index contributed by atoms with van der Waals surface area (Å²) in [5.74, 6) is 0.653. The van der Waals surface area contributed by atoms with E-state index in [2.05, 4.69) is 27.8 Å². The van der Waals surface area contributed by atoms with Crippen LogP contribution in [0.1, 0.15) is 33.0 Å². The number of nitrogens with one attached hydrogen (secondary N) is 1. The molecule has 0 aliphatic carbocycles.